The summed E-state index contributed by atoms with van der Waals surface area (Å²) < 4.78 is 34.4. The highest BCUT2D eigenvalue weighted by Gasteiger charge is 2.38. The van der Waals surface area contributed by atoms with E-state index in [1.54, 1.807) is 17.3 Å². The predicted molar refractivity (Wildman–Crippen MR) is 150 cm³/mol. The van der Waals surface area contributed by atoms with Crippen LogP contribution in [0.5, 0.6) is 5.75 Å². The second-order valence-electron chi connectivity index (χ2n) is 9.71. The maximum Gasteiger partial charge on any atom is 0.235 e. The molecule has 0 radical (unpaired) electrons. The summed E-state index contributed by atoms with van der Waals surface area (Å²) in [5.41, 5.74) is 9.89. The van der Waals surface area contributed by atoms with E-state index in [0.29, 0.717) is 29.9 Å². The van der Waals surface area contributed by atoms with Gasteiger partial charge >= 0.3 is 0 Å². The van der Waals surface area contributed by atoms with E-state index in [2.05, 4.69) is 4.90 Å². The number of piperidine rings is 1. The molecule has 0 amide bonds. The van der Waals surface area contributed by atoms with Gasteiger partial charge in [0.1, 0.15) is 17.7 Å². The lowest BCUT2D eigenvalue weighted by molar-refractivity contribution is 0.130. The van der Waals surface area contributed by atoms with Crippen LogP contribution in [0.2, 0.25) is 0 Å². The highest BCUT2D eigenvalue weighted by atomic mass is 32.2. The van der Waals surface area contributed by atoms with Gasteiger partial charge in [-0.1, -0.05) is 31.2 Å². The molecule has 198 valence electrons. The Kier molecular flexibility index (Phi) is 7.92. The molecule has 2 aliphatic rings. The first kappa shape index (κ1) is 26.7. The molecule has 37 heavy (non-hydrogen) atoms. The zero-order valence-electron chi connectivity index (χ0n) is 21.8. The van der Waals surface area contributed by atoms with E-state index in [-0.39, 0.29) is 23.7 Å². The lowest BCUT2D eigenvalue weighted by Gasteiger charge is -2.33. The minimum Gasteiger partial charge on any atom is -0.490 e. The number of rotatable bonds is 8. The maximum absolute atomic E-state index is 13.3. The quantitative estimate of drug-likeness (QED) is 0.350. The molecule has 0 aliphatic carbocycles. The van der Waals surface area contributed by atoms with Crippen molar-refractivity contribution in [2.45, 2.75) is 58.6 Å². The molecular weight excluding hydrogens is 486 g/mol. The highest BCUT2D eigenvalue weighted by Crippen LogP contribution is 2.41. The fourth-order valence-electron chi connectivity index (χ4n) is 5.18. The van der Waals surface area contributed by atoms with E-state index in [1.807, 2.05) is 56.3 Å². The van der Waals surface area contributed by atoms with Gasteiger partial charge in [-0.2, -0.15) is 0 Å². The van der Waals surface area contributed by atoms with Crippen molar-refractivity contribution in [1.29, 1.82) is 10.8 Å². The van der Waals surface area contributed by atoms with Crippen molar-refractivity contribution in [1.82, 2.24) is 4.90 Å². The van der Waals surface area contributed by atoms with Crippen LogP contribution in [0, 0.1) is 10.8 Å². The second-order valence-corrected chi connectivity index (χ2v) is 11.8. The van der Waals surface area contributed by atoms with Crippen molar-refractivity contribution < 1.29 is 13.2 Å². The Labute approximate surface area is 220 Å². The van der Waals surface area contributed by atoms with E-state index in [4.69, 9.17) is 21.3 Å². The van der Waals surface area contributed by atoms with Crippen LogP contribution in [0.25, 0.3) is 6.08 Å². The van der Waals surface area contributed by atoms with E-state index in [0.717, 1.165) is 48.4 Å². The normalized spacial score (nSPS) is 18.6. The number of nitrogens with one attached hydrogen (secondary N) is 2. The Bertz CT molecular complexity index is 1310. The SMILES string of the molecule is CC/C(=C\c1cccc(C(=N)N)c1)C1Cc2cc(OC3CCN(C(C)=N)CC3)ccc2N1S(=O)(=O)CC. The van der Waals surface area contributed by atoms with Gasteiger partial charge in [0, 0.05) is 31.5 Å². The van der Waals surface area contributed by atoms with E-state index in [1.165, 1.54) is 0 Å². The monoisotopic (exact) mass is 523 g/mol. The van der Waals surface area contributed by atoms with Crippen molar-refractivity contribution in [3.05, 3.63) is 64.7 Å². The number of benzene rings is 2. The number of fused-ring (bicyclic) bond motifs is 1. The van der Waals surface area contributed by atoms with Gasteiger partial charge in [-0.3, -0.25) is 15.1 Å². The van der Waals surface area contributed by atoms with E-state index >= 15 is 0 Å². The zero-order chi connectivity index (χ0) is 26.7. The first-order valence-electron chi connectivity index (χ1n) is 12.9. The number of sulfonamides is 1. The molecule has 8 nitrogen and oxygen atoms in total. The zero-order valence-corrected chi connectivity index (χ0v) is 22.6. The minimum atomic E-state index is -3.51. The third-order valence-electron chi connectivity index (χ3n) is 7.25. The molecule has 2 aromatic carbocycles. The first-order chi connectivity index (χ1) is 17.6. The van der Waals surface area contributed by atoms with E-state index in [9.17, 15) is 8.42 Å². The van der Waals surface area contributed by atoms with Gasteiger partial charge < -0.3 is 15.4 Å². The lowest BCUT2D eigenvalue weighted by atomic mass is 9.97. The number of hydrogen-bond acceptors (Lipinski definition) is 5. The number of nitrogens with zero attached hydrogens (tertiary/aromatic N) is 2. The molecule has 4 rings (SSSR count). The van der Waals surface area contributed by atoms with E-state index < -0.39 is 10.0 Å². The summed E-state index contributed by atoms with van der Waals surface area (Å²) in [5, 5.41) is 15.6. The summed E-state index contributed by atoms with van der Waals surface area (Å²) in [6.45, 7) is 7.15. The minimum absolute atomic E-state index is 0.00270. The van der Waals surface area contributed by atoms with Crippen LogP contribution in [0.3, 0.4) is 0 Å². The number of anilines is 1. The predicted octanol–water partition coefficient (Wildman–Crippen LogP) is 4.39. The molecule has 4 N–H and O–H groups in total. The molecule has 1 atom stereocenters. The summed E-state index contributed by atoms with van der Waals surface area (Å²) in [5.74, 6) is 1.37. The topological polar surface area (TPSA) is 124 Å². The van der Waals surface area contributed by atoms with Crippen LogP contribution >= 0.6 is 0 Å². The molecule has 2 aromatic rings. The average Bonchev–Trinajstić information content (AvgIpc) is 3.27. The largest absolute Gasteiger partial charge is 0.490 e. The van der Waals surface area contributed by atoms with Crippen molar-refractivity contribution in [2.75, 3.05) is 23.1 Å². The van der Waals surface area contributed by atoms with Crippen LogP contribution in [0.4, 0.5) is 5.69 Å². The number of likely N-dealkylation sites (tertiary alicyclic amines) is 1. The van der Waals surface area contributed by atoms with Crippen molar-refractivity contribution in [3.63, 3.8) is 0 Å². The Hall–Kier alpha value is -3.33. The van der Waals surface area contributed by atoms with Gasteiger partial charge in [0.05, 0.1) is 23.3 Å². The van der Waals surface area contributed by atoms with Crippen molar-refractivity contribution in [2.24, 2.45) is 5.73 Å². The molecule has 2 aliphatic heterocycles. The Morgan fingerprint density at radius 3 is 2.49 bits per heavy atom. The van der Waals surface area contributed by atoms with Gasteiger partial charge in [-0.15, -0.1) is 0 Å². The van der Waals surface area contributed by atoms with Crippen LogP contribution in [0.15, 0.2) is 48.0 Å². The Morgan fingerprint density at radius 1 is 1.14 bits per heavy atom. The molecule has 1 unspecified atom stereocenters. The lowest BCUT2D eigenvalue weighted by Crippen LogP contribution is -2.40. The number of nitrogens with two attached hydrogens (primary N) is 1. The molecule has 0 aromatic heterocycles. The number of ether oxygens (including phenoxy) is 1. The summed E-state index contributed by atoms with van der Waals surface area (Å²) >= 11 is 0. The fourth-order valence-corrected chi connectivity index (χ4v) is 6.54. The van der Waals surface area contributed by atoms with Gasteiger partial charge in [-0.05, 0) is 67.7 Å². The van der Waals surface area contributed by atoms with Gasteiger partial charge in [0.15, 0.2) is 0 Å². The molecule has 1 fully saturated rings. The molecular formula is C28H37N5O3S. The molecule has 9 heteroatoms. The number of hydrogen-bond donors (Lipinski definition) is 3. The van der Waals surface area contributed by atoms with Crippen LogP contribution in [-0.4, -0.2) is 56.0 Å². The summed E-state index contributed by atoms with van der Waals surface area (Å²) in [4.78, 5) is 2.06. The highest BCUT2D eigenvalue weighted by molar-refractivity contribution is 7.92. The van der Waals surface area contributed by atoms with Crippen LogP contribution in [-0.2, 0) is 16.4 Å². The molecule has 0 saturated carbocycles. The fraction of sp³-hybridized carbons (Fsp3) is 0.429. The standard InChI is InChI=1S/C28H37N5O3S/c1-4-21(15-20-7-6-8-22(16-20)28(30)31)27-18-23-17-25(9-10-26(23)33(27)37(34,35)5-2)36-24-11-13-32(14-12-24)19(3)29/h6-10,15-17,24,27,29H,4-5,11-14,18H2,1-3H3,(H3,30,31)/b21-15+,29-19?. The smallest absolute Gasteiger partial charge is 0.235 e. The second kappa shape index (κ2) is 11.0. The van der Waals surface area contributed by atoms with Crippen molar-refractivity contribution >= 4 is 33.5 Å². The van der Waals surface area contributed by atoms with Crippen molar-refractivity contribution in [3.8, 4) is 5.75 Å². The Balaban J connectivity index is 1.62. The number of nitrogen functional groups attached to an aromatic ring is 1. The molecule has 0 spiro atoms. The summed E-state index contributed by atoms with van der Waals surface area (Å²) in [6.07, 6.45) is 5.08. The average molecular weight is 524 g/mol. The molecule has 1 saturated heterocycles. The third-order valence-corrected chi connectivity index (χ3v) is 9.03. The molecule has 2 heterocycles. The van der Waals surface area contributed by atoms with Crippen LogP contribution < -0.4 is 14.8 Å². The van der Waals surface area contributed by atoms with Gasteiger partial charge in [0.25, 0.3) is 0 Å². The first-order valence-corrected chi connectivity index (χ1v) is 14.5. The van der Waals surface area contributed by atoms with Crippen LogP contribution in [0.1, 0.15) is 56.7 Å². The van der Waals surface area contributed by atoms with Gasteiger partial charge in [0.2, 0.25) is 10.0 Å². The molecule has 0 bridgehead atoms. The van der Waals surface area contributed by atoms with Gasteiger partial charge in [-0.25, -0.2) is 8.42 Å². The summed E-state index contributed by atoms with van der Waals surface area (Å²) in [6, 6.07) is 12.9. The maximum atomic E-state index is 13.3. The Morgan fingerprint density at radius 2 is 1.86 bits per heavy atom. The number of amidine groups is 2. The third kappa shape index (κ3) is 5.82. The summed E-state index contributed by atoms with van der Waals surface area (Å²) in [7, 11) is -3.51.